The summed E-state index contributed by atoms with van der Waals surface area (Å²) in [6, 6.07) is 3.23. The summed E-state index contributed by atoms with van der Waals surface area (Å²) in [6.45, 7) is 5.51. The third-order valence-corrected chi connectivity index (χ3v) is 3.64. The van der Waals surface area contributed by atoms with Crippen molar-refractivity contribution < 1.29 is 12.7 Å². The zero-order valence-electron chi connectivity index (χ0n) is 8.37. The minimum absolute atomic E-state index is 0.128. The summed E-state index contributed by atoms with van der Waals surface area (Å²) in [5.74, 6) is 4.71. The molecule has 0 heterocycles. The second-order valence-corrected chi connectivity index (χ2v) is 4.72. The van der Waals surface area contributed by atoms with Gasteiger partial charge in [0.05, 0.1) is 4.90 Å². The van der Waals surface area contributed by atoms with Crippen LogP contribution in [-0.2, 0) is 14.4 Å². The molecule has 0 saturated carbocycles. The van der Waals surface area contributed by atoms with Crippen LogP contribution in [0, 0.1) is 20.8 Å². The molecular formula is C9H13NO3S. The monoisotopic (exact) mass is 215 g/mol. The summed E-state index contributed by atoms with van der Waals surface area (Å²) in [6.07, 6.45) is 0. The second kappa shape index (κ2) is 3.68. The smallest absolute Gasteiger partial charge is 0.197 e. The summed E-state index contributed by atoms with van der Waals surface area (Å²) in [5.41, 5.74) is 2.65. The van der Waals surface area contributed by atoms with Crippen LogP contribution in [0.2, 0.25) is 0 Å². The lowest BCUT2D eigenvalue weighted by atomic mass is 10.1. The van der Waals surface area contributed by atoms with E-state index < -0.39 is 10.1 Å². The van der Waals surface area contributed by atoms with Crippen LogP contribution in [0.4, 0.5) is 0 Å². The quantitative estimate of drug-likeness (QED) is 0.752. The van der Waals surface area contributed by atoms with Gasteiger partial charge in [0, 0.05) is 0 Å². The first-order valence-electron chi connectivity index (χ1n) is 4.10. The van der Waals surface area contributed by atoms with Crippen molar-refractivity contribution in [3.8, 4) is 0 Å². The van der Waals surface area contributed by atoms with E-state index in [4.69, 9.17) is 5.90 Å². The number of hydrogen-bond acceptors (Lipinski definition) is 4. The molecular weight excluding hydrogens is 202 g/mol. The SMILES string of the molecule is Cc1ccc(S(=O)(=O)ON)c(C)c1C. The van der Waals surface area contributed by atoms with Crippen molar-refractivity contribution >= 4 is 10.1 Å². The Labute approximate surface area is 83.8 Å². The lowest BCUT2D eigenvalue weighted by molar-refractivity contribution is 0.332. The van der Waals surface area contributed by atoms with Gasteiger partial charge in [0.25, 0.3) is 0 Å². The predicted molar refractivity (Wildman–Crippen MR) is 53.1 cm³/mol. The molecule has 0 unspecified atom stereocenters. The summed E-state index contributed by atoms with van der Waals surface area (Å²) in [4.78, 5) is 0.128. The molecule has 0 amide bonds. The minimum atomic E-state index is -3.79. The molecule has 0 radical (unpaired) electrons. The normalized spacial score (nSPS) is 11.7. The van der Waals surface area contributed by atoms with Gasteiger partial charge in [-0.2, -0.15) is 18.6 Å². The number of aryl methyl sites for hydroxylation is 1. The van der Waals surface area contributed by atoms with E-state index in [2.05, 4.69) is 4.28 Å². The molecule has 78 valence electrons. The maximum absolute atomic E-state index is 11.3. The molecule has 0 bridgehead atoms. The first-order chi connectivity index (χ1) is 6.40. The topological polar surface area (TPSA) is 69.4 Å². The molecule has 1 aromatic rings. The van der Waals surface area contributed by atoms with Crippen molar-refractivity contribution in [3.05, 3.63) is 28.8 Å². The maximum atomic E-state index is 11.3. The van der Waals surface area contributed by atoms with Crippen molar-refractivity contribution in [2.75, 3.05) is 0 Å². The molecule has 4 nitrogen and oxygen atoms in total. The third-order valence-electron chi connectivity index (χ3n) is 2.40. The lowest BCUT2D eigenvalue weighted by Gasteiger charge is -2.09. The summed E-state index contributed by atoms with van der Waals surface area (Å²) in [5, 5.41) is 0. The molecule has 0 aliphatic carbocycles. The van der Waals surface area contributed by atoms with Crippen LogP contribution in [0.15, 0.2) is 17.0 Å². The zero-order chi connectivity index (χ0) is 10.9. The molecule has 0 atom stereocenters. The third kappa shape index (κ3) is 1.79. The van der Waals surface area contributed by atoms with Gasteiger partial charge in [0.1, 0.15) is 0 Å². The van der Waals surface area contributed by atoms with Gasteiger partial charge >= 0.3 is 10.1 Å². The molecule has 5 heteroatoms. The average Bonchev–Trinajstić information content (AvgIpc) is 2.14. The van der Waals surface area contributed by atoms with Gasteiger partial charge in [-0.05, 0) is 43.5 Å². The molecule has 14 heavy (non-hydrogen) atoms. The first-order valence-corrected chi connectivity index (χ1v) is 5.51. The van der Waals surface area contributed by atoms with Gasteiger partial charge in [-0.25, -0.2) is 0 Å². The van der Waals surface area contributed by atoms with E-state index in [9.17, 15) is 8.42 Å². The van der Waals surface area contributed by atoms with Crippen LogP contribution >= 0.6 is 0 Å². The average molecular weight is 215 g/mol. The van der Waals surface area contributed by atoms with Gasteiger partial charge in [-0.1, -0.05) is 6.07 Å². The largest absolute Gasteiger partial charge is 0.312 e. The van der Waals surface area contributed by atoms with E-state index >= 15 is 0 Å². The van der Waals surface area contributed by atoms with E-state index in [-0.39, 0.29) is 4.90 Å². The fourth-order valence-electron chi connectivity index (χ4n) is 1.25. The van der Waals surface area contributed by atoms with E-state index in [1.54, 1.807) is 13.0 Å². The molecule has 2 N–H and O–H groups in total. The van der Waals surface area contributed by atoms with Crippen LogP contribution in [-0.4, -0.2) is 8.42 Å². The Hall–Kier alpha value is -0.910. The highest BCUT2D eigenvalue weighted by atomic mass is 32.2. The van der Waals surface area contributed by atoms with Gasteiger partial charge in [0.15, 0.2) is 0 Å². The van der Waals surface area contributed by atoms with E-state index in [1.807, 2.05) is 13.8 Å². The van der Waals surface area contributed by atoms with E-state index in [1.165, 1.54) is 6.07 Å². The fraction of sp³-hybridized carbons (Fsp3) is 0.333. The van der Waals surface area contributed by atoms with Crippen LogP contribution in [0.3, 0.4) is 0 Å². The Morgan fingerprint density at radius 2 is 1.71 bits per heavy atom. The highest BCUT2D eigenvalue weighted by molar-refractivity contribution is 7.86. The summed E-state index contributed by atoms with van der Waals surface area (Å²) < 4.78 is 26.6. The Balaban J connectivity index is 3.47. The van der Waals surface area contributed by atoms with Crippen LogP contribution < -0.4 is 5.90 Å². The minimum Gasteiger partial charge on any atom is -0.197 e. The first kappa shape index (κ1) is 11.2. The van der Waals surface area contributed by atoms with Crippen LogP contribution in [0.5, 0.6) is 0 Å². The van der Waals surface area contributed by atoms with E-state index in [0.717, 1.165) is 11.1 Å². The Morgan fingerprint density at radius 1 is 1.14 bits per heavy atom. The number of hydrogen-bond donors (Lipinski definition) is 1. The van der Waals surface area contributed by atoms with Crippen molar-refractivity contribution in [3.63, 3.8) is 0 Å². The van der Waals surface area contributed by atoms with E-state index in [0.29, 0.717) is 5.56 Å². The standard InChI is InChI=1S/C9H13NO3S/c1-6-4-5-9(8(3)7(6)2)14(11,12)13-10/h4-5H,10H2,1-3H3. The highest BCUT2D eigenvalue weighted by Gasteiger charge is 2.18. The van der Waals surface area contributed by atoms with Gasteiger partial charge in [-0.3, -0.25) is 0 Å². The maximum Gasteiger partial charge on any atom is 0.312 e. The van der Waals surface area contributed by atoms with Crippen molar-refractivity contribution in [1.29, 1.82) is 0 Å². The number of nitrogens with two attached hydrogens (primary N) is 1. The van der Waals surface area contributed by atoms with Crippen molar-refractivity contribution in [1.82, 2.24) is 0 Å². The molecule has 1 aromatic carbocycles. The van der Waals surface area contributed by atoms with Crippen molar-refractivity contribution in [2.45, 2.75) is 25.7 Å². The van der Waals surface area contributed by atoms with Crippen LogP contribution in [0.1, 0.15) is 16.7 Å². The van der Waals surface area contributed by atoms with Gasteiger partial charge in [-0.15, -0.1) is 0 Å². The Kier molecular flexibility index (Phi) is 2.94. The summed E-state index contributed by atoms with van der Waals surface area (Å²) in [7, 11) is -3.79. The fourth-order valence-corrected chi connectivity index (χ4v) is 2.12. The summed E-state index contributed by atoms with van der Waals surface area (Å²) >= 11 is 0. The molecule has 0 fully saturated rings. The second-order valence-electron chi connectivity index (χ2n) is 3.18. The van der Waals surface area contributed by atoms with Crippen LogP contribution in [0.25, 0.3) is 0 Å². The predicted octanol–water partition coefficient (Wildman–Crippen LogP) is 1.19. The Bertz CT molecular complexity index is 451. The molecule has 0 aromatic heterocycles. The highest BCUT2D eigenvalue weighted by Crippen LogP contribution is 2.21. The molecule has 0 saturated heterocycles. The lowest BCUT2D eigenvalue weighted by Crippen LogP contribution is -2.13. The van der Waals surface area contributed by atoms with Crippen molar-refractivity contribution in [2.24, 2.45) is 5.90 Å². The molecule has 0 aliphatic heterocycles. The Morgan fingerprint density at radius 3 is 2.21 bits per heavy atom. The van der Waals surface area contributed by atoms with Gasteiger partial charge in [0.2, 0.25) is 0 Å². The number of benzene rings is 1. The molecule has 0 spiro atoms. The number of rotatable bonds is 2. The van der Waals surface area contributed by atoms with Gasteiger partial charge < -0.3 is 0 Å². The molecule has 1 rings (SSSR count). The zero-order valence-corrected chi connectivity index (χ0v) is 9.18. The molecule has 0 aliphatic rings.